The van der Waals surface area contributed by atoms with Gasteiger partial charge >= 0.3 is 0 Å². The Hall–Kier alpha value is -2.29. The van der Waals surface area contributed by atoms with Gasteiger partial charge in [0.05, 0.1) is 21.2 Å². The molecule has 4 rings (SSSR count). The van der Waals surface area contributed by atoms with E-state index in [2.05, 4.69) is 5.32 Å². The van der Waals surface area contributed by atoms with E-state index in [1.54, 1.807) is 40.8 Å². The van der Waals surface area contributed by atoms with Gasteiger partial charge in [-0.05, 0) is 49.6 Å². The molecule has 1 N–H and O–H groups in total. The third-order valence-electron chi connectivity index (χ3n) is 5.14. The molecule has 1 aromatic heterocycles. The summed E-state index contributed by atoms with van der Waals surface area (Å²) in [5.41, 5.74) is 2.04. The Morgan fingerprint density at radius 1 is 1.21 bits per heavy atom. The van der Waals surface area contributed by atoms with Crippen LogP contribution in [0.4, 0.5) is 5.69 Å². The summed E-state index contributed by atoms with van der Waals surface area (Å²) in [5, 5.41) is 3.51. The summed E-state index contributed by atoms with van der Waals surface area (Å²) in [4.78, 5) is 16.4. The maximum absolute atomic E-state index is 13.6. The third kappa shape index (κ3) is 3.92. The molecular weight excluding hydrogens is 406 g/mol. The Balaban J connectivity index is 1.75. The number of para-hydroxylation sites is 1. The average molecular weight is 430 g/mol. The van der Waals surface area contributed by atoms with Crippen LogP contribution in [0.25, 0.3) is 10.2 Å². The standard InChI is InChI=1S/C21H23N3O3S2/c1-14-10-11-16(22-15(2)25)13-20(14)29(26,27)24-12-6-5-8-18(24)21-23-17-7-3-4-9-19(17)28-21/h3-4,7,9-11,13,18H,5-6,8,12H2,1-2H3,(H,22,25). The van der Waals surface area contributed by atoms with Crippen molar-refractivity contribution in [1.82, 2.24) is 9.29 Å². The number of sulfonamides is 1. The van der Waals surface area contributed by atoms with E-state index in [1.165, 1.54) is 6.92 Å². The van der Waals surface area contributed by atoms with Gasteiger partial charge in [-0.15, -0.1) is 11.3 Å². The molecule has 2 aromatic carbocycles. The number of anilines is 1. The molecule has 1 atom stereocenters. The van der Waals surface area contributed by atoms with Crippen molar-refractivity contribution in [2.75, 3.05) is 11.9 Å². The van der Waals surface area contributed by atoms with Crippen molar-refractivity contribution in [3.05, 3.63) is 53.0 Å². The van der Waals surface area contributed by atoms with Crippen LogP contribution in [-0.4, -0.2) is 30.2 Å². The number of aromatic nitrogens is 1. The summed E-state index contributed by atoms with van der Waals surface area (Å²) in [7, 11) is -3.74. The van der Waals surface area contributed by atoms with E-state index >= 15 is 0 Å². The molecule has 0 spiro atoms. The lowest BCUT2D eigenvalue weighted by Crippen LogP contribution is -2.38. The van der Waals surface area contributed by atoms with Crippen LogP contribution in [0.1, 0.15) is 42.8 Å². The lowest BCUT2D eigenvalue weighted by Gasteiger charge is -2.33. The van der Waals surface area contributed by atoms with E-state index in [1.807, 2.05) is 24.3 Å². The molecular formula is C21H23N3O3S2. The van der Waals surface area contributed by atoms with Crippen molar-refractivity contribution in [1.29, 1.82) is 0 Å². The van der Waals surface area contributed by atoms with Gasteiger partial charge in [-0.1, -0.05) is 24.6 Å². The van der Waals surface area contributed by atoms with E-state index < -0.39 is 10.0 Å². The van der Waals surface area contributed by atoms with Gasteiger partial charge in [-0.2, -0.15) is 4.31 Å². The van der Waals surface area contributed by atoms with Crippen LogP contribution in [0.2, 0.25) is 0 Å². The second-order valence-electron chi connectivity index (χ2n) is 7.31. The van der Waals surface area contributed by atoms with Gasteiger partial charge in [0.1, 0.15) is 5.01 Å². The minimum Gasteiger partial charge on any atom is -0.326 e. The summed E-state index contributed by atoms with van der Waals surface area (Å²) < 4.78 is 29.9. The summed E-state index contributed by atoms with van der Waals surface area (Å²) in [5.74, 6) is -0.234. The molecule has 1 fully saturated rings. The first-order valence-corrected chi connectivity index (χ1v) is 11.9. The van der Waals surface area contributed by atoms with Crippen LogP contribution >= 0.6 is 11.3 Å². The van der Waals surface area contributed by atoms with Crippen molar-refractivity contribution < 1.29 is 13.2 Å². The zero-order chi connectivity index (χ0) is 20.6. The number of carbonyl (C=O) groups excluding carboxylic acids is 1. The molecule has 0 aliphatic carbocycles. The number of rotatable bonds is 4. The number of amides is 1. The number of nitrogens with zero attached hydrogens (tertiary/aromatic N) is 2. The number of nitrogens with one attached hydrogen (secondary N) is 1. The van der Waals surface area contributed by atoms with E-state index in [9.17, 15) is 13.2 Å². The molecule has 3 aromatic rings. The van der Waals surface area contributed by atoms with E-state index in [0.29, 0.717) is 17.8 Å². The van der Waals surface area contributed by atoms with E-state index in [4.69, 9.17) is 4.98 Å². The Bertz CT molecular complexity index is 1140. The molecule has 152 valence electrons. The highest BCUT2D eigenvalue weighted by molar-refractivity contribution is 7.89. The maximum Gasteiger partial charge on any atom is 0.244 e. The van der Waals surface area contributed by atoms with Crippen molar-refractivity contribution in [2.45, 2.75) is 44.0 Å². The van der Waals surface area contributed by atoms with Crippen LogP contribution < -0.4 is 5.32 Å². The lowest BCUT2D eigenvalue weighted by molar-refractivity contribution is -0.114. The van der Waals surface area contributed by atoms with Gasteiger partial charge < -0.3 is 5.32 Å². The second kappa shape index (κ2) is 7.85. The minimum absolute atomic E-state index is 0.233. The van der Waals surface area contributed by atoms with Crippen molar-refractivity contribution in [3.63, 3.8) is 0 Å². The Labute approximate surface area is 174 Å². The fraction of sp³-hybridized carbons (Fsp3) is 0.333. The fourth-order valence-corrected chi connectivity index (χ4v) is 6.85. The first-order chi connectivity index (χ1) is 13.9. The van der Waals surface area contributed by atoms with Gasteiger partial charge in [0.15, 0.2) is 0 Å². The zero-order valence-corrected chi connectivity index (χ0v) is 18.0. The molecule has 1 amide bonds. The van der Waals surface area contributed by atoms with Gasteiger partial charge in [-0.25, -0.2) is 13.4 Å². The van der Waals surface area contributed by atoms with Crippen LogP contribution in [0.5, 0.6) is 0 Å². The van der Waals surface area contributed by atoms with Crippen LogP contribution in [0.15, 0.2) is 47.4 Å². The fourth-order valence-electron chi connectivity index (χ4n) is 3.76. The van der Waals surface area contributed by atoms with Gasteiger partial charge in [0.2, 0.25) is 15.9 Å². The Morgan fingerprint density at radius 2 is 2.00 bits per heavy atom. The first-order valence-electron chi connectivity index (χ1n) is 9.62. The topological polar surface area (TPSA) is 79.4 Å². The Morgan fingerprint density at radius 3 is 2.76 bits per heavy atom. The molecule has 0 radical (unpaired) electrons. The predicted molar refractivity (Wildman–Crippen MR) is 116 cm³/mol. The number of thiazole rings is 1. The molecule has 2 heterocycles. The van der Waals surface area contributed by atoms with Crippen molar-refractivity contribution in [3.8, 4) is 0 Å². The predicted octanol–water partition coefficient (Wildman–Crippen LogP) is 4.48. The Kier molecular flexibility index (Phi) is 5.42. The van der Waals surface area contributed by atoms with E-state index in [-0.39, 0.29) is 16.8 Å². The quantitative estimate of drug-likeness (QED) is 0.663. The van der Waals surface area contributed by atoms with E-state index in [0.717, 1.165) is 34.5 Å². The highest BCUT2D eigenvalue weighted by Gasteiger charge is 2.37. The average Bonchev–Trinajstić information content (AvgIpc) is 3.13. The summed E-state index contributed by atoms with van der Waals surface area (Å²) >= 11 is 1.56. The normalized spacial score (nSPS) is 18.1. The van der Waals surface area contributed by atoms with Crippen LogP contribution in [0.3, 0.4) is 0 Å². The number of hydrogen-bond donors (Lipinski definition) is 1. The number of piperidine rings is 1. The molecule has 1 saturated heterocycles. The number of aryl methyl sites for hydroxylation is 1. The SMILES string of the molecule is CC(=O)Nc1ccc(C)c(S(=O)(=O)N2CCCCC2c2nc3ccccc3s2)c1. The molecule has 8 heteroatoms. The molecule has 0 bridgehead atoms. The van der Waals surface area contributed by atoms with Gasteiger partial charge in [0.25, 0.3) is 0 Å². The lowest BCUT2D eigenvalue weighted by atomic mass is 10.1. The second-order valence-corrected chi connectivity index (χ2v) is 10.2. The minimum atomic E-state index is -3.74. The maximum atomic E-state index is 13.6. The highest BCUT2D eigenvalue weighted by Crippen LogP contribution is 2.39. The first kappa shape index (κ1) is 20.0. The number of benzene rings is 2. The zero-order valence-electron chi connectivity index (χ0n) is 16.4. The summed E-state index contributed by atoms with van der Waals surface area (Å²) in [6.07, 6.45) is 2.55. The third-order valence-corrected chi connectivity index (χ3v) is 8.33. The van der Waals surface area contributed by atoms with Crippen LogP contribution in [0, 0.1) is 6.92 Å². The molecule has 6 nitrogen and oxygen atoms in total. The van der Waals surface area contributed by atoms with Crippen molar-refractivity contribution >= 4 is 43.2 Å². The molecule has 29 heavy (non-hydrogen) atoms. The number of fused-ring (bicyclic) bond motifs is 1. The summed E-state index contributed by atoms with van der Waals surface area (Å²) in [6.45, 7) is 3.65. The molecule has 0 saturated carbocycles. The molecule has 1 aliphatic rings. The highest BCUT2D eigenvalue weighted by atomic mass is 32.2. The monoisotopic (exact) mass is 429 g/mol. The van der Waals surface area contributed by atoms with Gasteiger partial charge in [0, 0.05) is 19.2 Å². The summed E-state index contributed by atoms with van der Waals surface area (Å²) in [6, 6.07) is 12.6. The number of hydrogen-bond acceptors (Lipinski definition) is 5. The molecule has 1 aliphatic heterocycles. The van der Waals surface area contributed by atoms with Crippen molar-refractivity contribution in [2.24, 2.45) is 0 Å². The number of carbonyl (C=O) groups is 1. The smallest absolute Gasteiger partial charge is 0.244 e. The molecule has 1 unspecified atom stereocenters. The van der Waals surface area contributed by atoms with Crippen LogP contribution in [-0.2, 0) is 14.8 Å². The largest absolute Gasteiger partial charge is 0.326 e. The van der Waals surface area contributed by atoms with Gasteiger partial charge in [-0.3, -0.25) is 4.79 Å².